The highest BCUT2D eigenvalue weighted by molar-refractivity contribution is 5.81. The van der Waals surface area contributed by atoms with Crippen molar-refractivity contribution in [3.63, 3.8) is 0 Å². The third kappa shape index (κ3) is 3.11. The van der Waals surface area contributed by atoms with Gasteiger partial charge in [-0.05, 0) is 31.7 Å². The molecule has 1 heterocycles. The van der Waals surface area contributed by atoms with Crippen molar-refractivity contribution in [3.8, 4) is 0 Å². The number of carbonyl (C=O) groups is 1. The predicted octanol–water partition coefficient (Wildman–Crippen LogP) is 1.79. The summed E-state index contributed by atoms with van der Waals surface area (Å²) in [5.74, 6) is 0.664. The molecule has 2 rings (SSSR count). The van der Waals surface area contributed by atoms with Crippen molar-refractivity contribution in [3.05, 3.63) is 0 Å². The molecule has 1 saturated carbocycles. The summed E-state index contributed by atoms with van der Waals surface area (Å²) in [6, 6.07) is 0. The Bertz CT molecular complexity index is 301. The second kappa shape index (κ2) is 6.71. The van der Waals surface area contributed by atoms with Crippen LogP contribution < -0.4 is 5.32 Å². The topological polar surface area (TPSA) is 41.6 Å². The van der Waals surface area contributed by atoms with Crippen molar-refractivity contribution in [1.82, 2.24) is 10.2 Å². The minimum Gasteiger partial charge on any atom is -0.468 e. The number of nitrogens with zero attached hydrogens (tertiary/aromatic N) is 1. The molecule has 0 amide bonds. The fraction of sp³-hybridized carbons (Fsp3) is 0.933. The summed E-state index contributed by atoms with van der Waals surface area (Å²) in [4.78, 5) is 14.9. The Morgan fingerprint density at radius 3 is 2.95 bits per heavy atom. The fourth-order valence-corrected chi connectivity index (χ4v) is 3.78. The van der Waals surface area contributed by atoms with E-state index in [4.69, 9.17) is 4.74 Å². The summed E-state index contributed by atoms with van der Waals surface area (Å²) >= 11 is 0. The Morgan fingerprint density at radius 2 is 2.21 bits per heavy atom. The van der Waals surface area contributed by atoms with Crippen LogP contribution in [0.4, 0.5) is 0 Å². The molecule has 1 aliphatic carbocycles. The van der Waals surface area contributed by atoms with Crippen LogP contribution in [0.25, 0.3) is 0 Å². The summed E-state index contributed by atoms with van der Waals surface area (Å²) in [5.41, 5.74) is -0.348. The highest BCUT2D eigenvalue weighted by atomic mass is 16.5. The van der Waals surface area contributed by atoms with Gasteiger partial charge in [-0.3, -0.25) is 9.69 Å². The molecule has 0 aromatic carbocycles. The van der Waals surface area contributed by atoms with Crippen molar-refractivity contribution in [2.75, 3.05) is 33.3 Å². The van der Waals surface area contributed by atoms with E-state index in [-0.39, 0.29) is 11.5 Å². The van der Waals surface area contributed by atoms with Crippen molar-refractivity contribution in [1.29, 1.82) is 0 Å². The largest absolute Gasteiger partial charge is 0.468 e. The van der Waals surface area contributed by atoms with E-state index < -0.39 is 0 Å². The van der Waals surface area contributed by atoms with Gasteiger partial charge < -0.3 is 10.1 Å². The van der Waals surface area contributed by atoms with Crippen LogP contribution >= 0.6 is 0 Å². The molecule has 1 aliphatic heterocycles. The molecule has 0 radical (unpaired) electrons. The average Bonchev–Trinajstić information content (AvgIpc) is 2.75. The lowest BCUT2D eigenvalue weighted by Gasteiger charge is -2.46. The van der Waals surface area contributed by atoms with Crippen molar-refractivity contribution < 1.29 is 9.53 Å². The normalized spacial score (nSPS) is 33.7. The molecular weight excluding hydrogens is 240 g/mol. The molecule has 0 bridgehead atoms. The number of carbonyl (C=O) groups excluding carboxylic acids is 1. The van der Waals surface area contributed by atoms with E-state index in [1.165, 1.54) is 20.0 Å². The van der Waals surface area contributed by atoms with Gasteiger partial charge in [-0.25, -0.2) is 0 Å². The van der Waals surface area contributed by atoms with Gasteiger partial charge in [0.15, 0.2) is 0 Å². The molecule has 2 aliphatic rings. The highest BCUT2D eigenvalue weighted by Gasteiger charge is 2.47. The molecule has 4 heteroatoms. The zero-order valence-electron chi connectivity index (χ0n) is 12.4. The van der Waals surface area contributed by atoms with Crippen LogP contribution in [0.15, 0.2) is 0 Å². The molecule has 0 spiro atoms. The van der Waals surface area contributed by atoms with Gasteiger partial charge in [0.1, 0.15) is 5.54 Å². The van der Waals surface area contributed by atoms with Gasteiger partial charge in [-0.15, -0.1) is 0 Å². The summed E-state index contributed by atoms with van der Waals surface area (Å²) in [5, 5.41) is 3.42. The highest BCUT2D eigenvalue weighted by Crippen LogP contribution is 2.39. The maximum Gasteiger partial charge on any atom is 0.326 e. The van der Waals surface area contributed by atoms with E-state index in [9.17, 15) is 4.79 Å². The van der Waals surface area contributed by atoms with Gasteiger partial charge in [0, 0.05) is 19.6 Å². The molecule has 4 nitrogen and oxygen atoms in total. The third-order valence-electron chi connectivity index (χ3n) is 4.92. The van der Waals surface area contributed by atoms with Gasteiger partial charge >= 0.3 is 5.97 Å². The molecule has 2 fully saturated rings. The zero-order valence-corrected chi connectivity index (χ0v) is 12.4. The van der Waals surface area contributed by atoms with Crippen LogP contribution in [-0.2, 0) is 9.53 Å². The van der Waals surface area contributed by atoms with Gasteiger partial charge in [-0.2, -0.15) is 0 Å². The Hall–Kier alpha value is -0.610. The van der Waals surface area contributed by atoms with Crippen LogP contribution in [0, 0.1) is 5.92 Å². The summed E-state index contributed by atoms with van der Waals surface area (Å²) < 4.78 is 5.18. The second-order valence-electron chi connectivity index (χ2n) is 5.98. The number of ether oxygens (including phenoxy) is 1. The lowest BCUT2D eigenvalue weighted by molar-refractivity contribution is -0.159. The number of hydrogen-bond donors (Lipinski definition) is 1. The Labute approximate surface area is 116 Å². The molecule has 2 unspecified atom stereocenters. The van der Waals surface area contributed by atoms with E-state index in [1.807, 2.05) is 0 Å². The van der Waals surface area contributed by atoms with Gasteiger partial charge in [-0.1, -0.05) is 26.2 Å². The lowest BCUT2D eigenvalue weighted by Crippen LogP contribution is -2.58. The Kier molecular flexibility index (Phi) is 5.22. The predicted molar refractivity (Wildman–Crippen MR) is 76.1 cm³/mol. The van der Waals surface area contributed by atoms with Gasteiger partial charge in [0.2, 0.25) is 0 Å². The zero-order chi connectivity index (χ0) is 13.7. The Morgan fingerprint density at radius 1 is 1.37 bits per heavy atom. The molecule has 19 heavy (non-hydrogen) atoms. The number of esters is 1. The second-order valence-corrected chi connectivity index (χ2v) is 5.98. The van der Waals surface area contributed by atoms with E-state index in [2.05, 4.69) is 17.1 Å². The first-order valence-corrected chi connectivity index (χ1v) is 7.77. The van der Waals surface area contributed by atoms with Crippen LogP contribution in [0.3, 0.4) is 0 Å². The number of rotatable bonds is 3. The molecule has 0 aromatic heterocycles. The fourth-order valence-electron chi connectivity index (χ4n) is 3.78. The standard InChI is InChI=1S/C15H28N2O2/c1-3-13-6-4-7-15(12-13,14(18)19-2)17-10-5-8-16-9-11-17/h13,16H,3-12H2,1-2H3. The number of nitrogens with one attached hydrogen (secondary N) is 1. The summed E-state index contributed by atoms with van der Waals surface area (Å²) in [6.07, 6.45) is 6.66. The summed E-state index contributed by atoms with van der Waals surface area (Å²) in [7, 11) is 1.54. The van der Waals surface area contributed by atoms with E-state index in [0.717, 1.165) is 51.9 Å². The average molecular weight is 268 g/mol. The first-order chi connectivity index (χ1) is 9.23. The summed E-state index contributed by atoms with van der Waals surface area (Å²) in [6.45, 7) is 6.26. The number of methoxy groups -OCH3 is 1. The van der Waals surface area contributed by atoms with Gasteiger partial charge in [0.25, 0.3) is 0 Å². The van der Waals surface area contributed by atoms with E-state index in [1.54, 1.807) is 0 Å². The maximum atomic E-state index is 12.5. The third-order valence-corrected chi connectivity index (χ3v) is 4.92. The maximum absolute atomic E-state index is 12.5. The van der Waals surface area contributed by atoms with Crippen molar-refractivity contribution >= 4 is 5.97 Å². The molecule has 2 atom stereocenters. The van der Waals surface area contributed by atoms with Crippen molar-refractivity contribution in [2.45, 2.75) is 51.0 Å². The van der Waals surface area contributed by atoms with E-state index >= 15 is 0 Å². The molecular formula is C15H28N2O2. The molecule has 1 saturated heterocycles. The van der Waals surface area contributed by atoms with Crippen LogP contribution in [0.5, 0.6) is 0 Å². The molecule has 0 aromatic rings. The first-order valence-electron chi connectivity index (χ1n) is 7.77. The monoisotopic (exact) mass is 268 g/mol. The number of hydrogen-bond acceptors (Lipinski definition) is 4. The minimum atomic E-state index is -0.348. The van der Waals surface area contributed by atoms with Crippen LogP contribution in [0.1, 0.15) is 45.4 Å². The van der Waals surface area contributed by atoms with E-state index in [0.29, 0.717) is 5.92 Å². The lowest BCUT2D eigenvalue weighted by atomic mass is 9.73. The molecule has 1 N–H and O–H groups in total. The van der Waals surface area contributed by atoms with Crippen molar-refractivity contribution in [2.24, 2.45) is 5.92 Å². The molecule has 110 valence electrons. The quantitative estimate of drug-likeness (QED) is 0.793. The first kappa shape index (κ1) is 14.8. The minimum absolute atomic E-state index is 0.00690. The van der Waals surface area contributed by atoms with Crippen LogP contribution in [-0.4, -0.2) is 49.7 Å². The smallest absolute Gasteiger partial charge is 0.326 e. The van der Waals surface area contributed by atoms with Crippen LogP contribution in [0.2, 0.25) is 0 Å². The Balaban J connectivity index is 2.19. The van der Waals surface area contributed by atoms with Gasteiger partial charge in [0.05, 0.1) is 7.11 Å². The SMILES string of the molecule is CCC1CCCC(C(=O)OC)(N2CCCNCC2)C1.